The van der Waals surface area contributed by atoms with Gasteiger partial charge in [-0.1, -0.05) is 11.6 Å². The van der Waals surface area contributed by atoms with Crippen molar-refractivity contribution in [2.75, 3.05) is 37.6 Å². The number of hydrogen-bond acceptors (Lipinski definition) is 13. The first-order valence-corrected chi connectivity index (χ1v) is 19.5. The number of aromatic hydroxyl groups is 1. The van der Waals surface area contributed by atoms with Crippen LogP contribution in [-0.2, 0) is 48.8 Å². The largest absolute Gasteiger partial charge is 0.504 e. The average Bonchev–Trinajstić information content (AvgIpc) is 3.21. The molecule has 0 heterocycles. The minimum absolute atomic E-state index is 0.0248. The molecule has 0 bridgehead atoms. The molecule has 0 radical (unpaired) electrons. The standard InChI is InChI=1S/C36H37NO13S2/c1-16-11-21-20(7-5-10-52(47,48)50-4)34(42)28-22(37-8-6-9-51(44,45)46)12-18(14-38)25-26-19(15-39)13-23(41)29-31(26)32(27(21)30(25)28)33(24(16)17(2)40)36(49-3)35(29)43/h11-13,24,37-39,43H,5-10,14-15H2,1-4H3,(H,44,45,46). The molecule has 5 aromatic carbocycles. The number of allylic oxidation sites excluding steroid dienone is 1. The third kappa shape index (κ3) is 5.92. The SMILES string of the molecule is COc1c(O)c2c(=O)cc(CO)c3c4c(CO)cc(NCCCS(=O)(=O)O)c5c(=O)c(CCCS(=O)(=O)OC)c6c(c(c1C(C(C)=O)C(C)=C6)c23)c54. The summed E-state index contributed by atoms with van der Waals surface area (Å²) in [6, 6.07) is 2.66. The Labute approximate surface area is 297 Å². The number of nitrogens with one attached hydrogen (secondary N) is 1. The molecule has 1 atom stereocenters. The number of anilines is 1. The Morgan fingerprint density at radius 1 is 0.865 bits per heavy atom. The Hall–Kier alpha value is -4.45. The van der Waals surface area contributed by atoms with E-state index in [9.17, 15) is 51.1 Å². The van der Waals surface area contributed by atoms with Gasteiger partial charge in [-0.05, 0) is 83.5 Å². The molecular weight excluding hydrogens is 719 g/mol. The van der Waals surface area contributed by atoms with Crippen molar-refractivity contribution >= 4 is 80.9 Å². The van der Waals surface area contributed by atoms with Crippen LogP contribution in [0.4, 0.5) is 5.69 Å². The molecular formula is C36H37NO13S2. The second-order valence-electron chi connectivity index (χ2n) is 13.0. The fraction of sp³-hybridized carbons (Fsp3) is 0.361. The number of Topliss-reactive ketones (excluding diaryl/α,β-unsaturated/α-hetero) is 1. The summed E-state index contributed by atoms with van der Waals surface area (Å²) in [5, 5.41) is 37.9. The van der Waals surface area contributed by atoms with Gasteiger partial charge in [-0.25, -0.2) is 0 Å². The van der Waals surface area contributed by atoms with Crippen LogP contribution in [0.15, 0.2) is 27.3 Å². The second-order valence-corrected chi connectivity index (χ2v) is 16.4. The summed E-state index contributed by atoms with van der Waals surface area (Å²) in [6.07, 6.45) is 1.50. The zero-order chi connectivity index (χ0) is 38.0. The van der Waals surface area contributed by atoms with Crippen molar-refractivity contribution in [1.29, 1.82) is 0 Å². The maximum atomic E-state index is 14.9. The Kier molecular flexibility index (Phi) is 9.69. The molecule has 0 saturated heterocycles. The summed E-state index contributed by atoms with van der Waals surface area (Å²) in [6.45, 7) is 1.77. The number of carbonyl (C=O) groups excluding carboxylic acids is 1. The van der Waals surface area contributed by atoms with Crippen molar-refractivity contribution in [2.45, 2.75) is 52.2 Å². The number of phenolic OH excluding ortho intramolecular Hbond substituents is 1. The molecule has 52 heavy (non-hydrogen) atoms. The van der Waals surface area contributed by atoms with E-state index in [0.717, 1.165) is 13.2 Å². The van der Waals surface area contributed by atoms with Gasteiger partial charge < -0.3 is 25.4 Å². The molecule has 0 amide bonds. The molecule has 1 aliphatic rings. The van der Waals surface area contributed by atoms with Gasteiger partial charge in [0.1, 0.15) is 5.78 Å². The zero-order valence-corrected chi connectivity index (χ0v) is 30.4. The van der Waals surface area contributed by atoms with E-state index in [1.165, 1.54) is 20.1 Å². The predicted octanol–water partition coefficient (Wildman–Crippen LogP) is 3.28. The Morgan fingerprint density at radius 3 is 2.08 bits per heavy atom. The van der Waals surface area contributed by atoms with Crippen LogP contribution in [0.2, 0.25) is 0 Å². The van der Waals surface area contributed by atoms with E-state index in [-0.39, 0.29) is 86.8 Å². The average molecular weight is 756 g/mol. The highest BCUT2D eigenvalue weighted by molar-refractivity contribution is 7.86. The van der Waals surface area contributed by atoms with Gasteiger partial charge in [-0.15, -0.1) is 0 Å². The van der Waals surface area contributed by atoms with E-state index < -0.39 is 67.5 Å². The van der Waals surface area contributed by atoms with E-state index in [1.54, 1.807) is 13.0 Å². The van der Waals surface area contributed by atoms with Crippen LogP contribution in [0.3, 0.4) is 0 Å². The van der Waals surface area contributed by atoms with Gasteiger partial charge >= 0.3 is 0 Å². The Balaban J connectivity index is 1.93. The van der Waals surface area contributed by atoms with Crippen LogP contribution in [0, 0.1) is 0 Å². The Bertz CT molecular complexity index is 2690. The summed E-state index contributed by atoms with van der Waals surface area (Å²) in [5.74, 6) is -3.05. The smallest absolute Gasteiger partial charge is 0.267 e. The topological polar surface area (TPSA) is 231 Å². The molecule has 0 saturated carbocycles. The maximum absolute atomic E-state index is 14.9. The third-order valence-corrected chi connectivity index (χ3v) is 12.0. The van der Waals surface area contributed by atoms with E-state index in [0.29, 0.717) is 32.7 Å². The molecule has 14 nitrogen and oxygen atoms in total. The minimum Gasteiger partial charge on any atom is -0.504 e. The summed E-state index contributed by atoms with van der Waals surface area (Å²) in [5.41, 5.74) is 0.620. The number of carbonyl (C=O) groups is 1. The lowest BCUT2D eigenvalue weighted by molar-refractivity contribution is -0.117. The van der Waals surface area contributed by atoms with E-state index in [1.807, 2.05) is 0 Å². The molecule has 1 unspecified atom stereocenters. The minimum atomic E-state index is -4.30. The first-order chi connectivity index (χ1) is 24.5. The lowest BCUT2D eigenvalue weighted by atomic mass is 9.78. The molecule has 16 heteroatoms. The summed E-state index contributed by atoms with van der Waals surface area (Å²) in [4.78, 5) is 42.3. The van der Waals surface area contributed by atoms with Gasteiger partial charge in [0.25, 0.3) is 20.2 Å². The molecule has 5 N–H and O–H groups in total. The van der Waals surface area contributed by atoms with Crippen molar-refractivity contribution in [3.63, 3.8) is 0 Å². The van der Waals surface area contributed by atoms with Crippen molar-refractivity contribution in [3.8, 4) is 11.5 Å². The molecule has 0 aliphatic heterocycles. The monoisotopic (exact) mass is 755 g/mol. The first-order valence-electron chi connectivity index (χ1n) is 16.3. The number of aliphatic hydroxyl groups is 2. The molecule has 1 aliphatic carbocycles. The van der Waals surface area contributed by atoms with Crippen LogP contribution in [-0.4, -0.2) is 74.8 Å². The fourth-order valence-corrected chi connectivity index (χ4v) is 9.06. The van der Waals surface area contributed by atoms with Gasteiger partial charge in [-0.2, -0.15) is 16.8 Å². The van der Waals surface area contributed by atoms with Gasteiger partial charge in [0.2, 0.25) is 0 Å². The normalized spacial score (nSPS) is 14.9. The number of methoxy groups -OCH3 is 1. The number of aliphatic hydroxyl groups excluding tert-OH is 2. The number of benzene rings is 5. The van der Waals surface area contributed by atoms with Crippen molar-refractivity contribution in [3.05, 3.63) is 66.0 Å². The van der Waals surface area contributed by atoms with Crippen molar-refractivity contribution < 1.29 is 50.4 Å². The molecule has 276 valence electrons. The summed E-state index contributed by atoms with van der Waals surface area (Å²) < 4.78 is 67.2. The summed E-state index contributed by atoms with van der Waals surface area (Å²) in [7, 11) is -5.90. The highest BCUT2D eigenvalue weighted by Gasteiger charge is 2.36. The quantitative estimate of drug-likeness (QED) is 0.0360. The highest BCUT2D eigenvalue weighted by Crippen LogP contribution is 2.55. The van der Waals surface area contributed by atoms with Gasteiger partial charge in [0, 0.05) is 34.1 Å². The Morgan fingerprint density at radius 2 is 1.50 bits per heavy atom. The fourth-order valence-electron chi connectivity index (χ4n) is 7.89. The first kappa shape index (κ1) is 37.3. The van der Waals surface area contributed by atoms with Crippen LogP contribution in [0.1, 0.15) is 60.4 Å². The van der Waals surface area contributed by atoms with Gasteiger partial charge in [-0.3, -0.25) is 23.1 Å². The van der Waals surface area contributed by atoms with E-state index in [2.05, 4.69) is 9.50 Å². The lowest BCUT2D eigenvalue weighted by Crippen LogP contribution is -2.18. The predicted molar refractivity (Wildman–Crippen MR) is 197 cm³/mol. The number of rotatable bonds is 14. The van der Waals surface area contributed by atoms with Crippen LogP contribution >= 0.6 is 0 Å². The second kappa shape index (κ2) is 13.5. The highest BCUT2D eigenvalue weighted by atomic mass is 32.2. The van der Waals surface area contributed by atoms with Crippen LogP contribution in [0.25, 0.3) is 49.2 Å². The maximum Gasteiger partial charge on any atom is 0.267 e. The molecule has 0 spiro atoms. The van der Waals surface area contributed by atoms with Crippen molar-refractivity contribution in [2.24, 2.45) is 0 Å². The number of ketones is 1. The summed E-state index contributed by atoms with van der Waals surface area (Å²) >= 11 is 0. The van der Waals surface area contributed by atoms with Gasteiger partial charge in [0.15, 0.2) is 22.4 Å². The number of phenols is 1. The van der Waals surface area contributed by atoms with E-state index >= 15 is 0 Å². The zero-order valence-electron chi connectivity index (χ0n) is 28.7. The van der Waals surface area contributed by atoms with Crippen molar-refractivity contribution in [1.82, 2.24) is 0 Å². The number of fused-ring (bicyclic) bond motifs is 1. The number of hydrogen-bond donors (Lipinski definition) is 5. The molecule has 0 fully saturated rings. The molecule has 0 aromatic heterocycles. The van der Waals surface area contributed by atoms with Gasteiger partial charge in [0.05, 0.1) is 55.6 Å². The lowest BCUT2D eigenvalue weighted by Gasteiger charge is -2.26. The van der Waals surface area contributed by atoms with E-state index in [4.69, 9.17) is 4.74 Å². The van der Waals surface area contributed by atoms with Crippen LogP contribution in [0.5, 0.6) is 11.5 Å². The number of ether oxygens (including phenoxy) is 1. The molecule has 5 aromatic rings. The third-order valence-electron chi connectivity index (χ3n) is 9.88. The van der Waals surface area contributed by atoms with Crippen LogP contribution < -0.4 is 20.9 Å². The molecule has 6 rings (SSSR count).